The first-order valence-electron chi connectivity index (χ1n) is 10.3. The molecule has 1 aliphatic rings. The van der Waals surface area contributed by atoms with Gasteiger partial charge < -0.3 is 15.2 Å². The fourth-order valence-corrected chi connectivity index (χ4v) is 4.30. The van der Waals surface area contributed by atoms with Crippen LogP contribution in [0.1, 0.15) is 48.8 Å². The van der Waals surface area contributed by atoms with Gasteiger partial charge in [-0.25, -0.2) is 0 Å². The van der Waals surface area contributed by atoms with Crippen LogP contribution in [0.5, 0.6) is 0 Å². The van der Waals surface area contributed by atoms with Crippen molar-refractivity contribution in [1.29, 1.82) is 0 Å². The van der Waals surface area contributed by atoms with Gasteiger partial charge >= 0.3 is 0 Å². The molecule has 3 aromatic rings. The molecule has 28 heavy (non-hydrogen) atoms. The Bertz CT molecular complexity index is 888. The number of amides is 1. The second kappa shape index (κ2) is 8.57. The van der Waals surface area contributed by atoms with Gasteiger partial charge in [0.1, 0.15) is 5.69 Å². The van der Waals surface area contributed by atoms with Gasteiger partial charge in [-0.1, -0.05) is 24.3 Å². The summed E-state index contributed by atoms with van der Waals surface area (Å²) in [6.07, 6.45) is 6.19. The third-order valence-corrected chi connectivity index (χ3v) is 5.75. The summed E-state index contributed by atoms with van der Waals surface area (Å²) in [5.41, 5.74) is 2.76. The number of aromatic amines is 1. The highest BCUT2D eigenvalue weighted by atomic mass is 16.2. The average Bonchev–Trinajstić information content (AvgIpc) is 3.18. The maximum Gasteiger partial charge on any atom is 0.270 e. The molecule has 2 aromatic heterocycles. The number of para-hydroxylation sites is 1. The summed E-state index contributed by atoms with van der Waals surface area (Å²) in [6.45, 7) is 3.58. The molecule has 4 rings (SSSR count). The van der Waals surface area contributed by atoms with E-state index >= 15 is 0 Å². The predicted octanol–water partition coefficient (Wildman–Crippen LogP) is 4.13. The van der Waals surface area contributed by atoms with E-state index in [2.05, 4.69) is 22.2 Å². The predicted molar refractivity (Wildman–Crippen MR) is 112 cm³/mol. The summed E-state index contributed by atoms with van der Waals surface area (Å²) in [5, 5.41) is 4.72. The first kappa shape index (κ1) is 18.7. The molecular weight excluding hydrogens is 348 g/mol. The SMILES string of the molecule is CCN(C(=O)c1cc2ccccc2[nH]1)C1CCCC(NCc2ccccn2)C1. The normalized spacial score (nSPS) is 19.6. The maximum atomic E-state index is 13.2. The maximum absolute atomic E-state index is 13.2. The van der Waals surface area contributed by atoms with E-state index in [1.807, 2.05) is 59.6 Å². The number of nitrogens with one attached hydrogen (secondary N) is 2. The zero-order valence-corrected chi connectivity index (χ0v) is 16.4. The Balaban J connectivity index is 1.42. The lowest BCUT2D eigenvalue weighted by Gasteiger charge is -2.37. The molecule has 2 heterocycles. The summed E-state index contributed by atoms with van der Waals surface area (Å²) in [6, 6.07) is 16.7. The van der Waals surface area contributed by atoms with Gasteiger partial charge in [0.15, 0.2) is 0 Å². The molecule has 1 fully saturated rings. The minimum Gasteiger partial charge on any atom is -0.351 e. The van der Waals surface area contributed by atoms with Crippen LogP contribution >= 0.6 is 0 Å². The van der Waals surface area contributed by atoms with Crippen LogP contribution in [-0.2, 0) is 6.54 Å². The summed E-state index contributed by atoms with van der Waals surface area (Å²) < 4.78 is 0. The zero-order chi connectivity index (χ0) is 19.3. The summed E-state index contributed by atoms with van der Waals surface area (Å²) in [7, 11) is 0. The molecule has 1 amide bonds. The van der Waals surface area contributed by atoms with Gasteiger partial charge in [-0.2, -0.15) is 0 Å². The molecule has 2 atom stereocenters. The second-order valence-electron chi connectivity index (χ2n) is 7.58. The third-order valence-electron chi connectivity index (χ3n) is 5.75. The number of nitrogens with zero attached hydrogens (tertiary/aromatic N) is 2. The first-order valence-corrected chi connectivity index (χ1v) is 10.3. The lowest BCUT2D eigenvalue weighted by molar-refractivity contribution is 0.0623. The Morgan fingerprint density at radius 2 is 2.07 bits per heavy atom. The number of rotatable bonds is 6. The van der Waals surface area contributed by atoms with Crippen molar-refractivity contribution >= 4 is 16.8 Å². The van der Waals surface area contributed by atoms with Gasteiger partial charge in [-0.3, -0.25) is 9.78 Å². The molecule has 1 aliphatic carbocycles. The molecule has 2 unspecified atom stereocenters. The Morgan fingerprint density at radius 3 is 2.86 bits per heavy atom. The van der Waals surface area contributed by atoms with Crippen LogP contribution in [0.4, 0.5) is 0 Å². The second-order valence-corrected chi connectivity index (χ2v) is 7.58. The molecule has 5 heteroatoms. The molecule has 0 bridgehead atoms. The summed E-state index contributed by atoms with van der Waals surface area (Å²) in [5.74, 6) is 0.106. The number of hydrogen-bond donors (Lipinski definition) is 2. The Kier molecular flexibility index (Phi) is 5.72. The van der Waals surface area contributed by atoms with Gasteiger partial charge in [0, 0.05) is 42.3 Å². The van der Waals surface area contributed by atoms with E-state index < -0.39 is 0 Å². The monoisotopic (exact) mass is 376 g/mol. The lowest BCUT2D eigenvalue weighted by Crippen LogP contribution is -2.46. The summed E-state index contributed by atoms with van der Waals surface area (Å²) in [4.78, 5) is 22.9. The van der Waals surface area contributed by atoms with Crippen LogP contribution in [0.3, 0.4) is 0 Å². The van der Waals surface area contributed by atoms with Gasteiger partial charge in [0.2, 0.25) is 0 Å². The number of carbonyl (C=O) groups is 1. The van der Waals surface area contributed by atoms with Crippen molar-refractivity contribution in [3.8, 4) is 0 Å². The highest BCUT2D eigenvalue weighted by Gasteiger charge is 2.29. The standard InChI is InChI=1S/C23H28N4O/c1-2-27(23(28)22-14-17-8-3-4-12-21(17)26-22)20-11-7-10-18(15-20)25-16-19-9-5-6-13-24-19/h3-6,8-9,12-14,18,20,25-26H,2,7,10-11,15-16H2,1H3. The van der Waals surface area contributed by atoms with Crippen molar-refractivity contribution in [2.75, 3.05) is 6.54 Å². The molecule has 146 valence electrons. The topological polar surface area (TPSA) is 61.0 Å². The van der Waals surface area contributed by atoms with Gasteiger partial charge in [-0.15, -0.1) is 0 Å². The molecule has 0 radical (unpaired) electrons. The molecular formula is C23H28N4O. The number of fused-ring (bicyclic) bond motifs is 1. The highest BCUT2D eigenvalue weighted by molar-refractivity contribution is 5.98. The van der Waals surface area contributed by atoms with Crippen molar-refractivity contribution in [2.24, 2.45) is 0 Å². The smallest absolute Gasteiger partial charge is 0.270 e. The van der Waals surface area contributed by atoms with E-state index in [1.54, 1.807) is 0 Å². The van der Waals surface area contributed by atoms with Gasteiger partial charge in [0.25, 0.3) is 5.91 Å². The molecule has 0 spiro atoms. The molecule has 2 N–H and O–H groups in total. The van der Waals surface area contributed by atoms with Crippen LogP contribution in [0.15, 0.2) is 54.7 Å². The van der Waals surface area contributed by atoms with Crippen LogP contribution in [-0.4, -0.2) is 39.4 Å². The fraction of sp³-hybridized carbons (Fsp3) is 0.391. The fourth-order valence-electron chi connectivity index (χ4n) is 4.30. The van der Waals surface area contributed by atoms with E-state index in [9.17, 15) is 4.79 Å². The Morgan fingerprint density at radius 1 is 1.21 bits per heavy atom. The third kappa shape index (κ3) is 4.09. The van der Waals surface area contributed by atoms with Crippen LogP contribution in [0.2, 0.25) is 0 Å². The average molecular weight is 377 g/mol. The lowest BCUT2D eigenvalue weighted by atomic mass is 9.89. The van der Waals surface area contributed by atoms with E-state index in [-0.39, 0.29) is 11.9 Å². The van der Waals surface area contributed by atoms with E-state index in [1.165, 1.54) is 0 Å². The molecule has 5 nitrogen and oxygen atoms in total. The number of hydrogen-bond acceptors (Lipinski definition) is 3. The van der Waals surface area contributed by atoms with Gasteiger partial charge in [-0.05, 0) is 56.9 Å². The van der Waals surface area contributed by atoms with Crippen LogP contribution in [0.25, 0.3) is 10.9 Å². The number of H-pyrrole nitrogens is 1. The van der Waals surface area contributed by atoms with E-state index in [0.717, 1.165) is 55.4 Å². The quantitative estimate of drug-likeness (QED) is 0.680. The number of benzene rings is 1. The summed E-state index contributed by atoms with van der Waals surface area (Å²) >= 11 is 0. The van der Waals surface area contributed by atoms with Crippen molar-refractivity contribution < 1.29 is 4.79 Å². The Labute approximate surface area is 166 Å². The van der Waals surface area contributed by atoms with Crippen LogP contribution < -0.4 is 5.32 Å². The van der Waals surface area contributed by atoms with Crippen molar-refractivity contribution in [3.63, 3.8) is 0 Å². The number of carbonyl (C=O) groups excluding carboxylic acids is 1. The molecule has 1 saturated carbocycles. The van der Waals surface area contributed by atoms with Crippen molar-refractivity contribution in [3.05, 3.63) is 66.1 Å². The minimum atomic E-state index is 0.106. The number of aromatic nitrogens is 2. The molecule has 0 saturated heterocycles. The molecule has 1 aromatic carbocycles. The highest BCUT2D eigenvalue weighted by Crippen LogP contribution is 2.25. The van der Waals surface area contributed by atoms with E-state index in [0.29, 0.717) is 11.7 Å². The minimum absolute atomic E-state index is 0.106. The zero-order valence-electron chi connectivity index (χ0n) is 16.4. The number of pyridine rings is 1. The van der Waals surface area contributed by atoms with E-state index in [4.69, 9.17) is 0 Å². The van der Waals surface area contributed by atoms with Gasteiger partial charge in [0.05, 0.1) is 5.69 Å². The van der Waals surface area contributed by atoms with Crippen LogP contribution in [0, 0.1) is 0 Å². The molecule has 0 aliphatic heterocycles. The Hall–Kier alpha value is -2.66. The van der Waals surface area contributed by atoms with Crippen molar-refractivity contribution in [1.82, 2.24) is 20.2 Å². The largest absolute Gasteiger partial charge is 0.351 e. The van der Waals surface area contributed by atoms with Crippen molar-refractivity contribution in [2.45, 2.75) is 51.2 Å². The first-order chi connectivity index (χ1) is 13.7.